The van der Waals surface area contributed by atoms with Crippen molar-refractivity contribution >= 4 is 59.3 Å². The normalized spacial score (nSPS) is 13.3. The highest BCUT2D eigenvalue weighted by molar-refractivity contribution is 7.25. The van der Waals surface area contributed by atoms with Crippen LogP contribution in [0.1, 0.15) is 25.0 Å². The number of hydrogen-bond donors (Lipinski definition) is 0. The molecule has 214 valence electrons. The second-order valence-electron chi connectivity index (χ2n) is 12.6. The first-order valence-corrected chi connectivity index (χ1v) is 16.4. The van der Waals surface area contributed by atoms with Crippen LogP contribution in [0.25, 0.3) is 53.2 Å². The molecule has 0 saturated carbocycles. The van der Waals surface area contributed by atoms with E-state index in [1.54, 1.807) is 0 Å². The van der Waals surface area contributed by atoms with Gasteiger partial charge in [0.25, 0.3) is 0 Å². The third kappa shape index (κ3) is 3.99. The third-order valence-corrected chi connectivity index (χ3v) is 10.8. The third-order valence-electron chi connectivity index (χ3n) is 9.65. The molecule has 1 aliphatic rings. The number of thiophene rings is 1. The lowest BCUT2D eigenvalue weighted by atomic mass is 9.81. The summed E-state index contributed by atoms with van der Waals surface area (Å²) in [6.45, 7) is 4.72. The first-order chi connectivity index (χ1) is 22.1. The molecule has 0 fully saturated rings. The number of para-hydroxylation sites is 1. The van der Waals surface area contributed by atoms with Crippen LogP contribution >= 0.6 is 11.3 Å². The van der Waals surface area contributed by atoms with E-state index in [0.29, 0.717) is 0 Å². The molecule has 0 N–H and O–H groups in total. The Morgan fingerprint density at radius 3 is 2.09 bits per heavy atom. The molecular weight excluding hydrogens is 563 g/mol. The van der Waals surface area contributed by atoms with Crippen LogP contribution in [0.2, 0.25) is 0 Å². The van der Waals surface area contributed by atoms with Crippen LogP contribution in [0.15, 0.2) is 152 Å². The van der Waals surface area contributed by atoms with E-state index in [1.165, 1.54) is 70.0 Å². The Balaban J connectivity index is 1.28. The summed E-state index contributed by atoms with van der Waals surface area (Å²) < 4.78 is 2.64. The van der Waals surface area contributed by atoms with Gasteiger partial charge in [-0.2, -0.15) is 0 Å². The number of anilines is 3. The summed E-state index contributed by atoms with van der Waals surface area (Å²) in [6, 6.07) is 55.9. The maximum Gasteiger partial charge on any atom is 0.0546 e. The van der Waals surface area contributed by atoms with E-state index in [1.807, 2.05) is 11.3 Å². The number of hydrogen-bond acceptors (Lipinski definition) is 2. The molecule has 0 aliphatic heterocycles. The molecule has 1 heterocycles. The Labute approximate surface area is 267 Å². The number of benzene rings is 7. The Kier molecular flexibility index (Phi) is 5.78. The zero-order chi connectivity index (χ0) is 30.1. The molecule has 2 heteroatoms. The zero-order valence-electron chi connectivity index (χ0n) is 25.3. The molecular formula is C43H31NS. The van der Waals surface area contributed by atoms with Gasteiger partial charge in [-0.05, 0) is 87.3 Å². The van der Waals surface area contributed by atoms with E-state index in [2.05, 4.69) is 170 Å². The van der Waals surface area contributed by atoms with Gasteiger partial charge in [0.05, 0.1) is 5.69 Å². The highest BCUT2D eigenvalue weighted by Crippen LogP contribution is 2.51. The second kappa shape index (κ2) is 9.92. The Bertz CT molecular complexity index is 2410. The molecule has 9 rings (SSSR count). The number of rotatable bonds is 4. The van der Waals surface area contributed by atoms with Crippen molar-refractivity contribution in [1.82, 2.24) is 0 Å². The zero-order valence-corrected chi connectivity index (χ0v) is 26.1. The van der Waals surface area contributed by atoms with Gasteiger partial charge >= 0.3 is 0 Å². The largest absolute Gasteiger partial charge is 0.310 e. The summed E-state index contributed by atoms with van der Waals surface area (Å²) in [5.74, 6) is 0. The molecule has 8 aromatic rings. The van der Waals surface area contributed by atoms with Crippen molar-refractivity contribution in [3.8, 4) is 22.3 Å². The van der Waals surface area contributed by atoms with Crippen molar-refractivity contribution in [1.29, 1.82) is 0 Å². The SMILES string of the molecule is CC1(C)c2ccccc2-c2ccc(-c3cccc4cccc(N(c5ccccc5)c5ccc6sc7ccccc7c6c5)c34)cc21. The molecule has 0 unspecified atom stereocenters. The van der Waals surface area contributed by atoms with Gasteiger partial charge in [0.15, 0.2) is 0 Å². The summed E-state index contributed by atoms with van der Waals surface area (Å²) in [5, 5.41) is 5.10. The molecule has 7 aromatic carbocycles. The average Bonchev–Trinajstić information content (AvgIpc) is 3.57. The average molecular weight is 594 g/mol. The summed E-state index contributed by atoms with van der Waals surface area (Å²) >= 11 is 1.86. The van der Waals surface area contributed by atoms with Crippen molar-refractivity contribution in [3.63, 3.8) is 0 Å². The predicted octanol–water partition coefficient (Wildman–Crippen LogP) is 12.7. The van der Waals surface area contributed by atoms with Crippen LogP contribution < -0.4 is 4.90 Å². The Morgan fingerprint density at radius 1 is 0.489 bits per heavy atom. The van der Waals surface area contributed by atoms with Crippen LogP contribution in [0.5, 0.6) is 0 Å². The van der Waals surface area contributed by atoms with Gasteiger partial charge in [-0.3, -0.25) is 0 Å². The maximum absolute atomic E-state index is 2.44. The van der Waals surface area contributed by atoms with Crippen LogP contribution in [-0.2, 0) is 5.41 Å². The van der Waals surface area contributed by atoms with E-state index in [4.69, 9.17) is 0 Å². The maximum atomic E-state index is 2.44. The minimum atomic E-state index is -0.0514. The molecule has 0 radical (unpaired) electrons. The fraction of sp³-hybridized carbons (Fsp3) is 0.0698. The van der Waals surface area contributed by atoms with Crippen LogP contribution in [-0.4, -0.2) is 0 Å². The standard InChI is InChI=1S/C43H31NS/c1-43(2)37-19-8-6-16-33(37)34-24-22-29(26-38(34)43)32-18-10-12-28-13-11-20-39(42(28)32)44(30-14-4-3-5-15-30)31-23-25-41-36(27-31)35-17-7-9-21-40(35)45-41/h3-27H,1-2H3. The predicted molar refractivity (Wildman–Crippen MR) is 195 cm³/mol. The van der Waals surface area contributed by atoms with Crippen molar-refractivity contribution in [2.45, 2.75) is 19.3 Å². The number of nitrogens with zero attached hydrogens (tertiary/aromatic N) is 1. The van der Waals surface area contributed by atoms with Gasteiger partial charge in [0.2, 0.25) is 0 Å². The van der Waals surface area contributed by atoms with Crippen molar-refractivity contribution in [2.75, 3.05) is 4.90 Å². The first kappa shape index (κ1) is 26.2. The molecule has 1 nitrogen and oxygen atoms in total. The summed E-state index contributed by atoms with van der Waals surface area (Å²) in [4.78, 5) is 2.44. The highest BCUT2D eigenvalue weighted by atomic mass is 32.1. The fourth-order valence-corrected chi connectivity index (χ4v) is 8.56. The fourth-order valence-electron chi connectivity index (χ4n) is 7.48. The van der Waals surface area contributed by atoms with E-state index in [0.717, 1.165) is 11.4 Å². The van der Waals surface area contributed by atoms with Gasteiger partial charge in [0.1, 0.15) is 0 Å². The van der Waals surface area contributed by atoms with Gasteiger partial charge < -0.3 is 4.90 Å². The van der Waals surface area contributed by atoms with Gasteiger partial charge in [0, 0.05) is 42.3 Å². The van der Waals surface area contributed by atoms with Crippen LogP contribution in [0.4, 0.5) is 17.1 Å². The molecule has 1 aliphatic carbocycles. The molecule has 0 spiro atoms. The smallest absolute Gasteiger partial charge is 0.0546 e. The lowest BCUT2D eigenvalue weighted by Gasteiger charge is -2.28. The monoisotopic (exact) mass is 593 g/mol. The van der Waals surface area contributed by atoms with Crippen molar-refractivity contribution < 1.29 is 0 Å². The highest BCUT2D eigenvalue weighted by Gasteiger charge is 2.35. The van der Waals surface area contributed by atoms with E-state index >= 15 is 0 Å². The van der Waals surface area contributed by atoms with Gasteiger partial charge in [-0.25, -0.2) is 0 Å². The van der Waals surface area contributed by atoms with E-state index in [9.17, 15) is 0 Å². The second-order valence-corrected chi connectivity index (χ2v) is 13.6. The van der Waals surface area contributed by atoms with Crippen LogP contribution in [0.3, 0.4) is 0 Å². The lowest BCUT2D eigenvalue weighted by Crippen LogP contribution is -2.15. The molecule has 0 atom stereocenters. The quantitative estimate of drug-likeness (QED) is 0.196. The van der Waals surface area contributed by atoms with Gasteiger partial charge in [-0.1, -0.05) is 117 Å². The first-order valence-electron chi connectivity index (χ1n) is 15.6. The summed E-state index contributed by atoms with van der Waals surface area (Å²) in [5.41, 5.74) is 11.4. The minimum Gasteiger partial charge on any atom is -0.310 e. The molecule has 0 amide bonds. The Hall–Kier alpha value is -5.18. The van der Waals surface area contributed by atoms with E-state index < -0.39 is 0 Å². The van der Waals surface area contributed by atoms with Crippen LogP contribution in [0, 0.1) is 0 Å². The topological polar surface area (TPSA) is 3.24 Å². The number of fused-ring (bicyclic) bond motifs is 7. The van der Waals surface area contributed by atoms with Gasteiger partial charge in [-0.15, -0.1) is 11.3 Å². The molecule has 1 aromatic heterocycles. The van der Waals surface area contributed by atoms with Crippen molar-refractivity contribution in [3.05, 3.63) is 163 Å². The summed E-state index contributed by atoms with van der Waals surface area (Å²) in [7, 11) is 0. The molecule has 45 heavy (non-hydrogen) atoms. The minimum absolute atomic E-state index is 0.0514. The summed E-state index contributed by atoms with van der Waals surface area (Å²) in [6.07, 6.45) is 0. The Morgan fingerprint density at radius 2 is 1.20 bits per heavy atom. The molecule has 0 bridgehead atoms. The van der Waals surface area contributed by atoms with Crippen molar-refractivity contribution in [2.24, 2.45) is 0 Å². The molecule has 0 saturated heterocycles. The lowest BCUT2D eigenvalue weighted by molar-refractivity contribution is 0.660. The van der Waals surface area contributed by atoms with E-state index in [-0.39, 0.29) is 5.41 Å².